The zero-order valence-electron chi connectivity index (χ0n) is 17.2. The molecule has 0 aromatic heterocycles. The van der Waals surface area contributed by atoms with Crippen LogP contribution in [0.15, 0.2) is 54.6 Å². The number of nitrogens with one attached hydrogen (secondary N) is 2. The lowest BCUT2D eigenvalue weighted by Gasteiger charge is -2.34. The molecule has 2 aromatic carbocycles. The number of benzene rings is 2. The van der Waals surface area contributed by atoms with Gasteiger partial charge in [-0.2, -0.15) is 0 Å². The molecule has 30 heavy (non-hydrogen) atoms. The van der Waals surface area contributed by atoms with E-state index in [1.165, 1.54) is 0 Å². The predicted molar refractivity (Wildman–Crippen MR) is 116 cm³/mol. The summed E-state index contributed by atoms with van der Waals surface area (Å²) in [5.41, 5.74) is 1.96. The second kappa shape index (κ2) is 9.30. The van der Waals surface area contributed by atoms with Crippen molar-refractivity contribution in [2.24, 2.45) is 0 Å². The van der Waals surface area contributed by atoms with Gasteiger partial charge in [-0.3, -0.25) is 14.3 Å². The lowest BCUT2D eigenvalue weighted by molar-refractivity contribution is -0.143. The largest absolute Gasteiger partial charge is 0.347 e. The van der Waals surface area contributed by atoms with Gasteiger partial charge in [0.25, 0.3) is 0 Å². The van der Waals surface area contributed by atoms with Gasteiger partial charge in [0.2, 0.25) is 21.8 Å². The van der Waals surface area contributed by atoms with Crippen LogP contribution in [-0.4, -0.2) is 37.9 Å². The summed E-state index contributed by atoms with van der Waals surface area (Å²) < 4.78 is 25.4. The van der Waals surface area contributed by atoms with Crippen LogP contribution in [0.5, 0.6) is 0 Å². The number of carbonyl (C=O) groups is 2. The van der Waals surface area contributed by atoms with E-state index in [1.54, 1.807) is 23.1 Å². The molecule has 1 aliphatic rings. The quantitative estimate of drug-likeness (QED) is 0.707. The van der Waals surface area contributed by atoms with Gasteiger partial charge in [-0.15, -0.1) is 0 Å². The van der Waals surface area contributed by atoms with Crippen LogP contribution in [0.3, 0.4) is 0 Å². The van der Waals surface area contributed by atoms with Crippen LogP contribution >= 0.6 is 0 Å². The zero-order valence-corrected chi connectivity index (χ0v) is 18.0. The standard InChI is InChI=1S/C22H27N3O4S/c1-16(18-11-8-12-19(15-18)24-30(2,28)29)23-22(27)21(17-9-4-3-5-10-17)25-14-7-6-13-20(25)26/h3-5,8-12,15-16,21,24H,6-7,13-14H2,1-2H3,(H,23,27). The van der Waals surface area contributed by atoms with Gasteiger partial charge >= 0.3 is 0 Å². The molecule has 1 fully saturated rings. The molecule has 1 heterocycles. The molecule has 2 N–H and O–H groups in total. The van der Waals surface area contributed by atoms with Crippen LogP contribution in [0.25, 0.3) is 0 Å². The lowest BCUT2D eigenvalue weighted by Crippen LogP contribution is -2.46. The first-order valence-corrected chi connectivity index (χ1v) is 11.9. The van der Waals surface area contributed by atoms with Gasteiger partial charge in [-0.05, 0) is 43.0 Å². The highest BCUT2D eigenvalue weighted by molar-refractivity contribution is 7.92. The van der Waals surface area contributed by atoms with Crippen molar-refractivity contribution >= 4 is 27.5 Å². The molecule has 0 spiro atoms. The summed E-state index contributed by atoms with van der Waals surface area (Å²) in [7, 11) is -3.39. The molecule has 0 radical (unpaired) electrons. The second-order valence-electron chi connectivity index (χ2n) is 7.59. The van der Waals surface area contributed by atoms with E-state index >= 15 is 0 Å². The third-order valence-corrected chi connectivity index (χ3v) is 5.69. The number of anilines is 1. The second-order valence-corrected chi connectivity index (χ2v) is 9.34. The van der Waals surface area contributed by atoms with Gasteiger partial charge in [-0.1, -0.05) is 42.5 Å². The number of hydrogen-bond acceptors (Lipinski definition) is 4. The molecule has 3 rings (SSSR count). The third-order valence-electron chi connectivity index (χ3n) is 5.08. The van der Waals surface area contributed by atoms with E-state index < -0.39 is 16.1 Å². The number of carbonyl (C=O) groups excluding carboxylic acids is 2. The van der Waals surface area contributed by atoms with Crippen molar-refractivity contribution < 1.29 is 18.0 Å². The van der Waals surface area contributed by atoms with Crippen LogP contribution in [0.4, 0.5) is 5.69 Å². The highest BCUT2D eigenvalue weighted by atomic mass is 32.2. The van der Waals surface area contributed by atoms with Crippen molar-refractivity contribution in [3.63, 3.8) is 0 Å². The maximum Gasteiger partial charge on any atom is 0.247 e. The highest BCUT2D eigenvalue weighted by Gasteiger charge is 2.33. The molecule has 0 aliphatic carbocycles. The number of rotatable bonds is 7. The molecular weight excluding hydrogens is 402 g/mol. The van der Waals surface area contributed by atoms with Crippen molar-refractivity contribution in [2.45, 2.75) is 38.3 Å². The minimum absolute atomic E-state index is 0.0164. The summed E-state index contributed by atoms with van der Waals surface area (Å²) in [6.07, 6.45) is 3.25. The predicted octanol–water partition coefficient (Wildman–Crippen LogP) is 2.99. The van der Waals surface area contributed by atoms with E-state index in [4.69, 9.17) is 0 Å². The Balaban J connectivity index is 1.82. The Kier molecular flexibility index (Phi) is 6.77. The van der Waals surface area contributed by atoms with E-state index in [2.05, 4.69) is 10.0 Å². The van der Waals surface area contributed by atoms with Crippen molar-refractivity contribution in [1.29, 1.82) is 0 Å². The van der Waals surface area contributed by atoms with Gasteiger partial charge in [0.1, 0.15) is 6.04 Å². The molecule has 1 aliphatic heterocycles. The molecule has 0 saturated carbocycles. The van der Waals surface area contributed by atoms with Gasteiger partial charge in [0.05, 0.1) is 12.3 Å². The summed E-state index contributed by atoms with van der Waals surface area (Å²) in [5, 5.41) is 2.99. The molecule has 2 unspecified atom stereocenters. The smallest absolute Gasteiger partial charge is 0.247 e. The number of nitrogens with zero attached hydrogens (tertiary/aromatic N) is 1. The number of hydrogen-bond donors (Lipinski definition) is 2. The molecule has 2 aromatic rings. The first-order chi connectivity index (χ1) is 14.2. The summed E-state index contributed by atoms with van der Waals surface area (Å²) >= 11 is 0. The van der Waals surface area contributed by atoms with Crippen LogP contribution < -0.4 is 10.0 Å². The van der Waals surface area contributed by atoms with Crippen LogP contribution in [-0.2, 0) is 19.6 Å². The monoisotopic (exact) mass is 429 g/mol. The minimum Gasteiger partial charge on any atom is -0.347 e. The first kappa shape index (κ1) is 21.8. The Labute approximate surface area is 177 Å². The summed E-state index contributed by atoms with van der Waals surface area (Å²) in [4.78, 5) is 27.5. The number of piperidine rings is 1. The lowest BCUT2D eigenvalue weighted by atomic mass is 9.99. The van der Waals surface area contributed by atoms with E-state index in [1.807, 2.05) is 43.3 Å². The molecule has 1 saturated heterocycles. The average molecular weight is 430 g/mol. The molecule has 8 heteroatoms. The van der Waals surface area contributed by atoms with E-state index in [9.17, 15) is 18.0 Å². The van der Waals surface area contributed by atoms with E-state index in [0.29, 0.717) is 18.7 Å². The third kappa shape index (κ3) is 5.60. The van der Waals surface area contributed by atoms with Crippen molar-refractivity contribution in [1.82, 2.24) is 10.2 Å². The number of sulfonamides is 1. The van der Waals surface area contributed by atoms with E-state index in [-0.39, 0.29) is 17.9 Å². The number of likely N-dealkylation sites (tertiary alicyclic amines) is 1. The normalized spacial score (nSPS) is 16.6. The van der Waals surface area contributed by atoms with Gasteiger partial charge in [0, 0.05) is 18.7 Å². The fourth-order valence-electron chi connectivity index (χ4n) is 3.67. The maximum absolute atomic E-state index is 13.3. The van der Waals surface area contributed by atoms with Crippen molar-refractivity contribution in [2.75, 3.05) is 17.5 Å². The number of amides is 2. The highest BCUT2D eigenvalue weighted by Crippen LogP contribution is 2.27. The first-order valence-electron chi connectivity index (χ1n) is 9.97. The fraction of sp³-hybridized carbons (Fsp3) is 0.364. The molecule has 160 valence electrons. The summed E-state index contributed by atoms with van der Waals surface area (Å²) in [5.74, 6) is -0.275. The van der Waals surface area contributed by atoms with Crippen LogP contribution in [0.2, 0.25) is 0 Å². The van der Waals surface area contributed by atoms with E-state index in [0.717, 1.165) is 30.2 Å². The minimum atomic E-state index is -3.39. The zero-order chi connectivity index (χ0) is 21.7. The molecule has 0 bridgehead atoms. The van der Waals surface area contributed by atoms with Crippen molar-refractivity contribution in [3.8, 4) is 0 Å². The fourth-order valence-corrected chi connectivity index (χ4v) is 4.22. The Bertz CT molecular complexity index is 1010. The van der Waals surface area contributed by atoms with Crippen LogP contribution in [0, 0.1) is 0 Å². The van der Waals surface area contributed by atoms with Gasteiger partial charge < -0.3 is 10.2 Å². The summed E-state index contributed by atoms with van der Waals surface area (Å²) in [6, 6.07) is 15.1. The SMILES string of the molecule is CC(NC(=O)C(c1ccccc1)N1CCCCC1=O)c1cccc(NS(C)(=O)=O)c1. The Morgan fingerprint density at radius 3 is 2.40 bits per heavy atom. The van der Waals surface area contributed by atoms with Crippen LogP contribution in [0.1, 0.15) is 49.4 Å². The average Bonchev–Trinajstić information content (AvgIpc) is 2.69. The van der Waals surface area contributed by atoms with Gasteiger partial charge in [0.15, 0.2) is 0 Å². The molecule has 2 atom stereocenters. The molecule has 7 nitrogen and oxygen atoms in total. The topological polar surface area (TPSA) is 95.6 Å². The molecular formula is C22H27N3O4S. The molecule has 2 amide bonds. The summed E-state index contributed by atoms with van der Waals surface area (Å²) in [6.45, 7) is 2.38. The Morgan fingerprint density at radius 1 is 1.03 bits per heavy atom. The Hall–Kier alpha value is -2.87. The Morgan fingerprint density at radius 2 is 1.73 bits per heavy atom. The van der Waals surface area contributed by atoms with Gasteiger partial charge in [-0.25, -0.2) is 8.42 Å². The van der Waals surface area contributed by atoms with Crippen molar-refractivity contribution in [3.05, 3.63) is 65.7 Å². The maximum atomic E-state index is 13.3.